The van der Waals surface area contributed by atoms with Crippen LogP contribution in [0, 0.1) is 0 Å². The molecule has 0 aliphatic carbocycles. The summed E-state index contributed by atoms with van der Waals surface area (Å²) in [6.07, 6.45) is 1.92. The van der Waals surface area contributed by atoms with Gasteiger partial charge in [0, 0.05) is 11.8 Å². The molecular weight excluding hydrogens is 334 g/mol. The van der Waals surface area contributed by atoms with Crippen molar-refractivity contribution in [3.63, 3.8) is 0 Å². The maximum atomic E-state index is 6.14. The number of hydrogen-bond donors (Lipinski definition) is 0. The molecule has 0 aliphatic rings. The minimum atomic E-state index is 0.484. The van der Waals surface area contributed by atoms with Crippen molar-refractivity contribution in [1.82, 2.24) is 24.7 Å². The van der Waals surface area contributed by atoms with E-state index in [2.05, 4.69) is 20.3 Å². The summed E-state index contributed by atoms with van der Waals surface area (Å²) in [5.74, 6) is 1.50. The lowest BCUT2D eigenvalue weighted by molar-refractivity contribution is 0.391. The number of aromatic nitrogens is 5. The molecule has 8 heteroatoms. The first-order valence-corrected chi connectivity index (χ1v) is 8.18. The molecule has 23 heavy (non-hydrogen) atoms. The molecule has 114 valence electrons. The molecule has 4 aromatic rings. The van der Waals surface area contributed by atoms with Crippen molar-refractivity contribution in [2.75, 3.05) is 0 Å². The maximum absolute atomic E-state index is 6.14. The predicted molar refractivity (Wildman–Crippen MR) is 87.3 cm³/mol. The van der Waals surface area contributed by atoms with Crippen LogP contribution in [0.2, 0.25) is 5.02 Å². The van der Waals surface area contributed by atoms with Crippen LogP contribution in [0.5, 0.6) is 0 Å². The van der Waals surface area contributed by atoms with Crippen LogP contribution in [-0.2, 0) is 5.75 Å². The van der Waals surface area contributed by atoms with Crippen LogP contribution >= 0.6 is 23.4 Å². The second-order valence-electron chi connectivity index (χ2n) is 4.69. The summed E-state index contributed by atoms with van der Waals surface area (Å²) in [5, 5.41) is 13.6. The second kappa shape index (κ2) is 6.02. The van der Waals surface area contributed by atoms with Crippen LogP contribution in [0.25, 0.3) is 17.0 Å². The fourth-order valence-electron chi connectivity index (χ4n) is 2.11. The van der Waals surface area contributed by atoms with Gasteiger partial charge in [-0.15, -0.1) is 10.2 Å². The number of rotatable bonds is 4. The molecule has 4 rings (SSSR count). The van der Waals surface area contributed by atoms with Crippen molar-refractivity contribution in [3.05, 3.63) is 59.6 Å². The number of pyridine rings is 1. The van der Waals surface area contributed by atoms with Crippen molar-refractivity contribution < 1.29 is 4.52 Å². The summed E-state index contributed by atoms with van der Waals surface area (Å²) in [7, 11) is 0. The highest BCUT2D eigenvalue weighted by molar-refractivity contribution is 7.98. The maximum Gasteiger partial charge on any atom is 0.237 e. The lowest BCUT2D eigenvalue weighted by atomic mass is 10.2. The molecule has 0 N–H and O–H groups in total. The monoisotopic (exact) mass is 343 g/mol. The fourth-order valence-corrected chi connectivity index (χ4v) is 3.09. The van der Waals surface area contributed by atoms with Crippen molar-refractivity contribution >= 4 is 29.0 Å². The molecule has 0 saturated heterocycles. The molecule has 3 aromatic heterocycles. The zero-order valence-electron chi connectivity index (χ0n) is 11.8. The molecule has 0 bridgehead atoms. The highest BCUT2D eigenvalue weighted by Crippen LogP contribution is 2.26. The number of halogens is 1. The van der Waals surface area contributed by atoms with E-state index >= 15 is 0 Å². The van der Waals surface area contributed by atoms with Crippen molar-refractivity contribution in [1.29, 1.82) is 0 Å². The van der Waals surface area contributed by atoms with Crippen LogP contribution in [0.4, 0.5) is 0 Å². The predicted octanol–water partition coefficient (Wildman–Crippen LogP) is 3.73. The van der Waals surface area contributed by atoms with E-state index < -0.39 is 0 Å². The molecule has 0 atom stereocenters. The Morgan fingerprint density at radius 1 is 1.09 bits per heavy atom. The average Bonchev–Trinajstić information content (AvgIpc) is 3.20. The van der Waals surface area contributed by atoms with Gasteiger partial charge in [-0.2, -0.15) is 4.98 Å². The first-order valence-electron chi connectivity index (χ1n) is 6.81. The van der Waals surface area contributed by atoms with E-state index in [1.54, 1.807) is 6.07 Å². The van der Waals surface area contributed by atoms with Gasteiger partial charge in [-0.3, -0.25) is 4.40 Å². The van der Waals surface area contributed by atoms with Gasteiger partial charge < -0.3 is 4.52 Å². The third-order valence-corrected chi connectivity index (χ3v) is 4.45. The molecule has 0 radical (unpaired) electrons. The standard InChI is InChI=1S/C15H10ClN5OS/c16-11-6-2-1-5-10(11)14-17-13(22-20-14)9-23-15-19-18-12-7-3-4-8-21(12)15/h1-8H,9H2. The second-order valence-corrected chi connectivity index (χ2v) is 6.04. The van der Waals surface area contributed by atoms with Gasteiger partial charge in [0.05, 0.1) is 10.8 Å². The van der Waals surface area contributed by atoms with E-state index in [0.29, 0.717) is 22.5 Å². The van der Waals surface area contributed by atoms with E-state index in [-0.39, 0.29) is 0 Å². The largest absolute Gasteiger partial charge is 0.338 e. The molecule has 6 nitrogen and oxygen atoms in total. The summed E-state index contributed by atoms with van der Waals surface area (Å²) < 4.78 is 7.20. The summed E-state index contributed by atoms with van der Waals surface area (Å²) in [4.78, 5) is 4.38. The van der Waals surface area contributed by atoms with Gasteiger partial charge in [0.25, 0.3) is 0 Å². The SMILES string of the molecule is Clc1ccccc1-c1noc(CSc2nnc3ccccn23)n1. The first kappa shape index (κ1) is 14.2. The fraction of sp³-hybridized carbons (Fsp3) is 0.0667. The Morgan fingerprint density at radius 2 is 1.96 bits per heavy atom. The summed E-state index contributed by atoms with van der Waals surface area (Å²) in [6, 6.07) is 13.2. The van der Waals surface area contributed by atoms with E-state index in [1.165, 1.54) is 11.8 Å². The Balaban J connectivity index is 1.53. The van der Waals surface area contributed by atoms with Crippen LogP contribution in [0.1, 0.15) is 5.89 Å². The third kappa shape index (κ3) is 2.80. The third-order valence-electron chi connectivity index (χ3n) is 3.19. The van der Waals surface area contributed by atoms with E-state index in [0.717, 1.165) is 16.4 Å². The minimum absolute atomic E-state index is 0.484. The van der Waals surface area contributed by atoms with Gasteiger partial charge in [0.1, 0.15) is 0 Å². The van der Waals surface area contributed by atoms with Crippen LogP contribution < -0.4 is 0 Å². The quantitative estimate of drug-likeness (QED) is 0.526. The normalized spacial score (nSPS) is 11.2. The van der Waals surface area contributed by atoms with Crippen LogP contribution in [0.15, 0.2) is 58.3 Å². The smallest absolute Gasteiger partial charge is 0.237 e. The minimum Gasteiger partial charge on any atom is -0.338 e. The van der Waals surface area contributed by atoms with Gasteiger partial charge in [-0.05, 0) is 24.3 Å². The number of fused-ring (bicyclic) bond motifs is 1. The number of benzene rings is 1. The molecule has 0 spiro atoms. The van der Waals surface area contributed by atoms with Crippen LogP contribution in [0.3, 0.4) is 0 Å². The van der Waals surface area contributed by atoms with Gasteiger partial charge in [0.2, 0.25) is 11.7 Å². The van der Waals surface area contributed by atoms with Crippen LogP contribution in [-0.4, -0.2) is 24.7 Å². The Kier molecular flexibility index (Phi) is 3.72. The highest BCUT2D eigenvalue weighted by atomic mass is 35.5. The summed E-state index contributed by atoms with van der Waals surface area (Å²) in [6.45, 7) is 0. The van der Waals surface area contributed by atoms with Gasteiger partial charge in [-0.25, -0.2) is 0 Å². The molecular formula is C15H10ClN5OS. The highest BCUT2D eigenvalue weighted by Gasteiger charge is 2.13. The molecule has 0 fully saturated rings. The Hall–Kier alpha value is -2.38. The first-order chi connectivity index (χ1) is 11.3. The lowest BCUT2D eigenvalue weighted by Gasteiger charge is -1.97. The van der Waals surface area contributed by atoms with E-state index in [4.69, 9.17) is 16.1 Å². The van der Waals surface area contributed by atoms with Gasteiger partial charge in [-0.1, -0.05) is 46.7 Å². The zero-order chi connectivity index (χ0) is 15.6. The molecule has 0 amide bonds. The molecule has 0 saturated carbocycles. The Morgan fingerprint density at radius 3 is 2.87 bits per heavy atom. The van der Waals surface area contributed by atoms with Gasteiger partial charge >= 0.3 is 0 Å². The summed E-state index contributed by atoms with van der Waals surface area (Å²) >= 11 is 7.63. The topological polar surface area (TPSA) is 69.1 Å². The lowest BCUT2D eigenvalue weighted by Crippen LogP contribution is -1.88. The Bertz CT molecular complexity index is 967. The van der Waals surface area contributed by atoms with Crippen molar-refractivity contribution in [2.24, 2.45) is 0 Å². The molecule has 0 aliphatic heterocycles. The van der Waals surface area contributed by atoms with Gasteiger partial charge in [0.15, 0.2) is 10.8 Å². The summed E-state index contributed by atoms with van der Waals surface area (Å²) in [5.41, 5.74) is 1.55. The van der Waals surface area contributed by atoms with Crippen molar-refractivity contribution in [2.45, 2.75) is 10.9 Å². The van der Waals surface area contributed by atoms with E-state index in [1.807, 2.05) is 47.0 Å². The molecule has 3 heterocycles. The number of nitrogens with zero attached hydrogens (tertiary/aromatic N) is 5. The average molecular weight is 344 g/mol. The molecule has 1 aromatic carbocycles. The Labute approximate surface area is 140 Å². The van der Waals surface area contributed by atoms with Crippen molar-refractivity contribution in [3.8, 4) is 11.4 Å². The number of thioether (sulfide) groups is 1. The molecule has 0 unspecified atom stereocenters. The number of hydrogen-bond acceptors (Lipinski definition) is 6. The zero-order valence-corrected chi connectivity index (χ0v) is 13.3. The van der Waals surface area contributed by atoms with E-state index in [9.17, 15) is 0 Å².